The number of likely N-dealkylation sites (tertiary alicyclic amines) is 1. The van der Waals surface area contributed by atoms with Gasteiger partial charge in [0.25, 0.3) is 5.91 Å². The fourth-order valence-corrected chi connectivity index (χ4v) is 3.96. The lowest BCUT2D eigenvalue weighted by atomic mass is 10.1. The van der Waals surface area contributed by atoms with Gasteiger partial charge in [-0.25, -0.2) is 0 Å². The lowest BCUT2D eigenvalue weighted by Crippen LogP contribution is -2.40. The van der Waals surface area contributed by atoms with Crippen molar-refractivity contribution in [1.29, 1.82) is 0 Å². The lowest BCUT2D eigenvalue weighted by molar-refractivity contribution is 0.0672. The molecule has 4 rings (SSSR count). The number of hydrogen-bond acceptors (Lipinski definition) is 1. The van der Waals surface area contributed by atoms with E-state index in [4.69, 9.17) is 0 Å². The van der Waals surface area contributed by atoms with Crippen LogP contribution in [-0.2, 0) is 0 Å². The number of aromatic nitrogens is 1. The van der Waals surface area contributed by atoms with Gasteiger partial charge in [-0.2, -0.15) is 0 Å². The van der Waals surface area contributed by atoms with Crippen LogP contribution in [0.3, 0.4) is 0 Å². The number of carbonyl (C=O) groups is 1. The summed E-state index contributed by atoms with van der Waals surface area (Å²) in [6, 6.07) is 14.9. The molecule has 1 aromatic heterocycles. The van der Waals surface area contributed by atoms with Crippen LogP contribution in [0.5, 0.6) is 0 Å². The number of fused-ring (bicyclic) bond motifs is 3. The minimum atomic E-state index is 0.136. The molecule has 2 heterocycles. The van der Waals surface area contributed by atoms with Gasteiger partial charge in [0.1, 0.15) is 5.69 Å². The Labute approximate surface area is 142 Å². The summed E-state index contributed by atoms with van der Waals surface area (Å²) in [5, 5.41) is 3.54. The van der Waals surface area contributed by atoms with E-state index in [9.17, 15) is 4.79 Å². The number of benzene rings is 2. The van der Waals surface area contributed by atoms with Gasteiger partial charge in [0, 0.05) is 23.5 Å². The number of amides is 1. The third-order valence-electron chi connectivity index (χ3n) is 5.38. The molecule has 1 aliphatic rings. The number of H-pyrrole nitrogens is 1. The molecule has 24 heavy (non-hydrogen) atoms. The van der Waals surface area contributed by atoms with Gasteiger partial charge in [0.15, 0.2) is 0 Å². The van der Waals surface area contributed by atoms with E-state index in [0.29, 0.717) is 17.7 Å². The summed E-state index contributed by atoms with van der Waals surface area (Å²) in [6.45, 7) is 5.28. The molecule has 1 amide bonds. The van der Waals surface area contributed by atoms with Gasteiger partial charge < -0.3 is 9.88 Å². The summed E-state index contributed by atoms with van der Waals surface area (Å²) < 4.78 is 0. The van der Waals surface area contributed by atoms with Crippen molar-refractivity contribution >= 4 is 27.6 Å². The largest absolute Gasteiger partial charge is 0.351 e. The molecule has 1 N–H and O–H groups in total. The summed E-state index contributed by atoms with van der Waals surface area (Å²) in [7, 11) is 0. The van der Waals surface area contributed by atoms with E-state index >= 15 is 0 Å². The minimum absolute atomic E-state index is 0.136. The quantitative estimate of drug-likeness (QED) is 0.675. The molecule has 1 aliphatic heterocycles. The van der Waals surface area contributed by atoms with Gasteiger partial charge in [0.2, 0.25) is 0 Å². The van der Waals surface area contributed by atoms with Gasteiger partial charge in [-0.15, -0.1) is 0 Å². The molecule has 0 unspecified atom stereocenters. The Morgan fingerprint density at radius 2 is 1.92 bits per heavy atom. The summed E-state index contributed by atoms with van der Waals surface area (Å²) in [4.78, 5) is 18.5. The highest BCUT2D eigenvalue weighted by Crippen LogP contribution is 2.28. The van der Waals surface area contributed by atoms with Crippen LogP contribution in [0.15, 0.2) is 42.5 Å². The maximum atomic E-state index is 13.1. The predicted octanol–water partition coefficient (Wildman–Crippen LogP) is 4.97. The smallest absolute Gasteiger partial charge is 0.270 e. The van der Waals surface area contributed by atoms with E-state index in [0.717, 1.165) is 23.9 Å². The van der Waals surface area contributed by atoms with E-state index in [1.807, 2.05) is 12.1 Å². The molecule has 0 radical (unpaired) electrons. The number of carbonyl (C=O) groups excluding carboxylic acids is 1. The zero-order valence-corrected chi connectivity index (χ0v) is 14.4. The number of nitrogens with one attached hydrogen (secondary N) is 1. The van der Waals surface area contributed by atoms with Crippen LogP contribution in [0.4, 0.5) is 0 Å². The molecule has 3 nitrogen and oxygen atoms in total. The standard InChI is InChI=1S/C21H24N2O/c1-14-6-5-7-15(2)23(13-14)21(24)20-12-18-17-9-4-3-8-16(17)10-11-19(18)22-20/h3-4,8-12,14-15,22H,5-7,13H2,1-2H3/t14-,15+/m1/s1. The second-order valence-corrected chi connectivity index (χ2v) is 7.27. The van der Waals surface area contributed by atoms with Crippen molar-refractivity contribution in [3.05, 3.63) is 48.2 Å². The summed E-state index contributed by atoms with van der Waals surface area (Å²) in [6.07, 6.45) is 3.52. The molecule has 3 aromatic rings. The number of rotatable bonds is 1. The maximum Gasteiger partial charge on any atom is 0.270 e. The Bertz CT molecular complexity index is 895. The third kappa shape index (κ3) is 2.58. The number of nitrogens with zero attached hydrogens (tertiary/aromatic N) is 1. The van der Waals surface area contributed by atoms with Crippen molar-refractivity contribution in [2.75, 3.05) is 6.54 Å². The van der Waals surface area contributed by atoms with Crippen LogP contribution in [0.1, 0.15) is 43.6 Å². The number of aromatic amines is 1. The van der Waals surface area contributed by atoms with Gasteiger partial charge in [-0.05, 0) is 48.6 Å². The van der Waals surface area contributed by atoms with E-state index < -0.39 is 0 Å². The molecule has 0 bridgehead atoms. The first-order chi connectivity index (χ1) is 11.6. The Balaban J connectivity index is 1.75. The monoisotopic (exact) mass is 320 g/mol. The Kier molecular flexibility index (Phi) is 3.79. The summed E-state index contributed by atoms with van der Waals surface area (Å²) >= 11 is 0. The van der Waals surface area contributed by atoms with Crippen LogP contribution >= 0.6 is 0 Å². The summed E-state index contributed by atoms with van der Waals surface area (Å²) in [5.41, 5.74) is 1.75. The minimum Gasteiger partial charge on any atom is -0.351 e. The lowest BCUT2D eigenvalue weighted by Gasteiger charge is -2.28. The molecular weight excluding hydrogens is 296 g/mol. The van der Waals surface area contributed by atoms with Crippen LogP contribution in [0, 0.1) is 5.92 Å². The van der Waals surface area contributed by atoms with Gasteiger partial charge in [-0.3, -0.25) is 4.79 Å². The van der Waals surface area contributed by atoms with Crippen LogP contribution in [-0.4, -0.2) is 28.4 Å². The number of hydrogen-bond donors (Lipinski definition) is 1. The first-order valence-electron chi connectivity index (χ1n) is 8.95. The van der Waals surface area contributed by atoms with E-state index in [-0.39, 0.29) is 5.91 Å². The maximum absolute atomic E-state index is 13.1. The van der Waals surface area contributed by atoms with Crippen molar-refractivity contribution in [2.24, 2.45) is 5.92 Å². The van der Waals surface area contributed by atoms with Crippen molar-refractivity contribution < 1.29 is 4.79 Å². The second kappa shape index (κ2) is 5.97. The molecular formula is C21H24N2O. The third-order valence-corrected chi connectivity index (χ3v) is 5.38. The van der Waals surface area contributed by atoms with E-state index in [2.05, 4.69) is 54.1 Å². The van der Waals surface area contributed by atoms with Gasteiger partial charge in [0.05, 0.1) is 0 Å². The van der Waals surface area contributed by atoms with Crippen LogP contribution in [0.25, 0.3) is 21.7 Å². The molecule has 124 valence electrons. The van der Waals surface area contributed by atoms with Gasteiger partial charge in [-0.1, -0.05) is 43.7 Å². The average molecular weight is 320 g/mol. The Morgan fingerprint density at radius 1 is 1.08 bits per heavy atom. The average Bonchev–Trinajstić information content (AvgIpc) is 2.96. The van der Waals surface area contributed by atoms with Crippen molar-refractivity contribution in [1.82, 2.24) is 9.88 Å². The normalized spacial score (nSPS) is 22.0. The zero-order valence-electron chi connectivity index (χ0n) is 14.4. The Hall–Kier alpha value is -2.29. The zero-order chi connectivity index (χ0) is 16.7. The molecule has 0 aliphatic carbocycles. The van der Waals surface area contributed by atoms with E-state index in [1.165, 1.54) is 23.6 Å². The van der Waals surface area contributed by atoms with Crippen molar-refractivity contribution in [3.8, 4) is 0 Å². The molecule has 3 heteroatoms. The first-order valence-corrected chi connectivity index (χ1v) is 8.95. The second-order valence-electron chi connectivity index (χ2n) is 7.27. The first kappa shape index (κ1) is 15.3. The van der Waals surface area contributed by atoms with Crippen LogP contribution < -0.4 is 0 Å². The topological polar surface area (TPSA) is 36.1 Å². The predicted molar refractivity (Wildman–Crippen MR) is 99.3 cm³/mol. The molecule has 1 fully saturated rings. The van der Waals surface area contributed by atoms with E-state index in [1.54, 1.807) is 0 Å². The molecule has 2 atom stereocenters. The molecule has 2 aromatic carbocycles. The fraction of sp³-hybridized carbons (Fsp3) is 0.381. The highest BCUT2D eigenvalue weighted by molar-refractivity contribution is 6.09. The Morgan fingerprint density at radius 3 is 2.79 bits per heavy atom. The van der Waals surface area contributed by atoms with Gasteiger partial charge >= 0.3 is 0 Å². The summed E-state index contributed by atoms with van der Waals surface area (Å²) in [5.74, 6) is 0.709. The molecule has 0 spiro atoms. The molecule has 0 saturated carbocycles. The highest BCUT2D eigenvalue weighted by Gasteiger charge is 2.27. The highest BCUT2D eigenvalue weighted by atomic mass is 16.2. The van der Waals surface area contributed by atoms with Crippen molar-refractivity contribution in [2.45, 2.75) is 39.2 Å². The molecule has 1 saturated heterocycles. The SMILES string of the molecule is C[C@@H]1CCC[C@H](C)N(C(=O)c2cc3c(ccc4ccccc43)[nH]2)C1. The van der Waals surface area contributed by atoms with Crippen LogP contribution in [0.2, 0.25) is 0 Å². The fourth-order valence-electron chi connectivity index (χ4n) is 3.96. The van der Waals surface area contributed by atoms with Crippen molar-refractivity contribution in [3.63, 3.8) is 0 Å².